The number of aromatic amines is 1. The topological polar surface area (TPSA) is 132 Å². The summed E-state index contributed by atoms with van der Waals surface area (Å²) in [5.74, 6) is 1.39. The first kappa shape index (κ1) is 30.1. The lowest BCUT2D eigenvalue weighted by Gasteiger charge is -2.24. The number of rotatable bonds is 6. The summed E-state index contributed by atoms with van der Waals surface area (Å²) in [5, 5.41) is 9.28. The Balaban J connectivity index is 1.38. The van der Waals surface area contributed by atoms with Gasteiger partial charge in [-0.15, -0.1) is 0 Å². The molecule has 2 N–H and O–H groups in total. The lowest BCUT2D eigenvalue weighted by Crippen LogP contribution is -2.27. The number of benzene rings is 3. The third kappa shape index (κ3) is 5.36. The third-order valence-corrected chi connectivity index (χ3v) is 8.43. The Morgan fingerprint density at radius 1 is 0.894 bits per heavy atom. The van der Waals surface area contributed by atoms with Gasteiger partial charge in [0.25, 0.3) is 5.56 Å². The Kier molecular flexibility index (Phi) is 7.44. The van der Waals surface area contributed by atoms with Crippen LogP contribution in [0.3, 0.4) is 0 Å². The smallest absolute Gasteiger partial charge is 0.263 e. The number of halogens is 1. The molecule has 3 aromatic carbocycles. The minimum absolute atomic E-state index is 0.233. The van der Waals surface area contributed by atoms with E-state index in [0.717, 1.165) is 16.7 Å². The number of hydrogen-bond donors (Lipinski definition) is 2. The van der Waals surface area contributed by atoms with E-state index in [1.54, 1.807) is 4.57 Å². The van der Waals surface area contributed by atoms with Crippen molar-refractivity contribution in [1.82, 2.24) is 29.7 Å². The molecule has 0 saturated heterocycles. The van der Waals surface area contributed by atoms with Crippen molar-refractivity contribution in [2.24, 2.45) is 0 Å². The van der Waals surface area contributed by atoms with Gasteiger partial charge in [0.2, 0.25) is 11.7 Å². The van der Waals surface area contributed by atoms with Gasteiger partial charge in [0.15, 0.2) is 5.43 Å². The molecule has 10 nitrogen and oxygen atoms in total. The molecule has 4 aromatic heterocycles. The average Bonchev–Trinajstić information content (AvgIpc) is 3.58. The molecule has 7 rings (SSSR count). The van der Waals surface area contributed by atoms with E-state index in [1.165, 1.54) is 18.6 Å². The van der Waals surface area contributed by atoms with E-state index in [2.05, 4.69) is 30.4 Å². The van der Waals surface area contributed by atoms with Gasteiger partial charge < -0.3 is 14.8 Å². The number of para-hydroxylation sites is 1. The molecule has 4 heterocycles. The highest BCUT2D eigenvalue weighted by Crippen LogP contribution is 2.37. The Bertz CT molecular complexity index is 2390. The number of H-pyrrole nitrogens is 1. The van der Waals surface area contributed by atoms with Crippen molar-refractivity contribution < 1.29 is 4.52 Å². The number of fused-ring (bicyclic) bond motifs is 2. The molecule has 1 atom stereocenters. The lowest BCUT2D eigenvalue weighted by molar-refractivity contribution is 0.321. The average molecular weight is 644 g/mol. The monoisotopic (exact) mass is 643 g/mol. The standard InChI is InChI=1S/C36H30ClN7O3/c1-20(41-33-28-26(45)17-18-38-32(28)39-19-40-33)30-29(37)25-12-8-11-24(27(25)34(46)44(30)23-9-6-5-7-10-23)21-13-15-22(16-14-21)31-42-35(47-43-31)36(2,3)4/h5-20H,1-4H3,(H2,38,39,40,41,45)/t20-/m0/s1. The second-order valence-corrected chi connectivity index (χ2v) is 12.7. The maximum Gasteiger partial charge on any atom is 0.263 e. The number of anilines is 1. The predicted octanol–water partition coefficient (Wildman–Crippen LogP) is 7.46. The second-order valence-electron chi connectivity index (χ2n) is 12.3. The van der Waals surface area contributed by atoms with Crippen LogP contribution in [-0.4, -0.2) is 29.7 Å². The first-order chi connectivity index (χ1) is 22.6. The van der Waals surface area contributed by atoms with Gasteiger partial charge >= 0.3 is 0 Å². The highest BCUT2D eigenvalue weighted by atomic mass is 35.5. The maximum atomic E-state index is 14.7. The Morgan fingerprint density at radius 2 is 1.64 bits per heavy atom. The van der Waals surface area contributed by atoms with Crippen LogP contribution in [0.1, 0.15) is 45.3 Å². The molecule has 0 unspecified atom stereocenters. The fourth-order valence-corrected chi connectivity index (χ4v) is 6.12. The van der Waals surface area contributed by atoms with Gasteiger partial charge in [0.05, 0.1) is 22.1 Å². The van der Waals surface area contributed by atoms with Gasteiger partial charge in [0, 0.05) is 34.3 Å². The highest BCUT2D eigenvalue weighted by Gasteiger charge is 2.25. The molecule has 0 aliphatic heterocycles. The minimum Gasteiger partial charge on any atom is -0.361 e. The number of hydrogen-bond acceptors (Lipinski definition) is 8. The van der Waals surface area contributed by atoms with Crippen LogP contribution in [0.25, 0.3) is 50.0 Å². The summed E-state index contributed by atoms with van der Waals surface area (Å²) in [7, 11) is 0. The normalized spacial score (nSPS) is 12.4. The first-order valence-corrected chi connectivity index (χ1v) is 15.5. The number of nitrogens with zero attached hydrogens (tertiary/aromatic N) is 5. The summed E-state index contributed by atoms with van der Waals surface area (Å²) in [6, 6.07) is 23.6. The molecule has 234 valence electrons. The first-order valence-electron chi connectivity index (χ1n) is 15.1. The molecule has 0 aliphatic rings. The highest BCUT2D eigenvalue weighted by molar-refractivity contribution is 6.36. The van der Waals surface area contributed by atoms with E-state index in [-0.39, 0.29) is 16.4 Å². The van der Waals surface area contributed by atoms with E-state index < -0.39 is 6.04 Å². The van der Waals surface area contributed by atoms with Gasteiger partial charge in [-0.2, -0.15) is 4.98 Å². The van der Waals surface area contributed by atoms with E-state index in [9.17, 15) is 9.59 Å². The molecule has 0 saturated carbocycles. The largest absolute Gasteiger partial charge is 0.361 e. The van der Waals surface area contributed by atoms with Gasteiger partial charge in [-0.25, -0.2) is 9.97 Å². The summed E-state index contributed by atoms with van der Waals surface area (Å²) >= 11 is 7.26. The molecule has 0 fully saturated rings. The molecule has 0 aliphatic carbocycles. The van der Waals surface area contributed by atoms with Crippen molar-refractivity contribution in [2.75, 3.05) is 5.32 Å². The molecular weight excluding hydrogens is 614 g/mol. The summed E-state index contributed by atoms with van der Waals surface area (Å²) in [4.78, 5) is 43.6. The summed E-state index contributed by atoms with van der Waals surface area (Å²) in [5.41, 5.74) is 3.19. The summed E-state index contributed by atoms with van der Waals surface area (Å²) in [6.45, 7) is 7.93. The fraction of sp³-hybridized carbons (Fsp3) is 0.167. The molecule has 0 spiro atoms. The SMILES string of the molecule is C[C@H](Nc1ncnc2[nH]ccc(=O)c12)c1c(Cl)c2cccc(-c3ccc(-c4noc(C(C)(C)C)n4)cc3)c2c(=O)n1-c1ccccc1. The van der Waals surface area contributed by atoms with Crippen molar-refractivity contribution in [3.05, 3.63) is 129 Å². The quantitative estimate of drug-likeness (QED) is 0.191. The molecular formula is C36H30ClN7O3. The molecule has 0 radical (unpaired) electrons. The molecule has 7 aromatic rings. The Labute approximate surface area is 274 Å². The molecule has 0 bridgehead atoms. The van der Waals surface area contributed by atoms with Gasteiger partial charge in [0.1, 0.15) is 23.2 Å². The van der Waals surface area contributed by atoms with E-state index in [0.29, 0.717) is 55.7 Å². The van der Waals surface area contributed by atoms with Crippen LogP contribution >= 0.6 is 11.6 Å². The zero-order chi connectivity index (χ0) is 32.9. The zero-order valence-corrected chi connectivity index (χ0v) is 26.8. The minimum atomic E-state index is -0.548. The van der Waals surface area contributed by atoms with Crippen LogP contribution in [0.2, 0.25) is 5.02 Å². The van der Waals surface area contributed by atoms with Gasteiger partial charge in [-0.05, 0) is 30.2 Å². The van der Waals surface area contributed by atoms with Crippen LogP contribution < -0.4 is 16.3 Å². The van der Waals surface area contributed by atoms with Crippen LogP contribution in [0.4, 0.5) is 5.82 Å². The third-order valence-electron chi connectivity index (χ3n) is 8.03. The predicted molar refractivity (Wildman–Crippen MR) is 184 cm³/mol. The second kappa shape index (κ2) is 11.6. The number of nitrogens with one attached hydrogen (secondary N) is 2. The van der Waals surface area contributed by atoms with Crippen LogP contribution in [0, 0.1) is 0 Å². The summed E-state index contributed by atoms with van der Waals surface area (Å²) < 4.78 is 7.11. The lowest BCUT2D eigenvalue weighted by atomic mass is 9.96. The van der Waals surface area contributed by atoms with E-state index in [4.69, 9.17) is 16.1 Å². The van der Waals surface area contributed by atoms with Crippen molar-refractivity contribution in [3.63, 3.8) is 0 Å². The maximum absolute atomic E-state index is 14.7. The zero-order valence-electron chi connectivity index (χ0n) is 26.1. The fourth-order valence-electron chi connectivity index (χ4n) is 5.72. The van der Waals surface area contributed by atoms with Crippen molar-refractivity contribution in [3.8, 4) is 28.2 Å². The molecule has 11 heteroatoms. The van der Waals surface area contributed by atoms with Crippen molar-refractivity contribution >= 4 is 39.2 Å². The van der Waals surface area contributed by atoms with E-state index >= 15 is 0 Å². The van der Waals surface area contributed by atoms with Crippen LogP contribution in [0.5, 0.6) is 0 Å². The molecule has 47 heavy (non-hydrogen) atoms. The van der Waals surface area contributed by atoms with Gasteiger partial charge in [-0.1, -0.05) is 98.2 Å². The Hall–Kier alpha value is -5.61. The summed E-state index contributed by atoms with van der Waals surface area (Å²) in [6.07, 6.45) is 2.91. The van der Waals surface area contributed by atoms with E-state index in [1.807, 2.05) is 100 Å². The number of pyridine rings is 2. The van der Waals surface area contributed by atoms with Crippen molar-refractivity contribution in [2.45, 2.75) is 39.2 Å². The van der Waals surface area contributed by atoms with Gasteiger partial charge in [-0.3, -0.25) is 14.2 Å². The number of aromatic nitrogens is 6. The van der Waals surface area contributed by atoms with Crippen LogP contribution in [-0.2, 0) is 5.41 Å². The van der Waals surface area contributed by atoms with Crippen molar-refractivity contribution in [1.29, 1.82) is 0 Å². The Morgan fingerprint density at radius 3 is 2.36 bits per heavy atom. The van der Waals surface area contributed by atoms with Crippen LogP contribution in [0.15, 0.2) is 105 Å². The molecule has 0 amide bonds.